The predicted octanol–water partition coefficient (Wildman–Crippen LogP) is 4.26. The standard InChI is InChI=1S/C19H16O3/c1-3-13(15-7-5-4-6-12(15)2)10-18-19(21)16-9-8-14(20)11-17(16)22-18/h3-11,20H,1-2H3/b13-3-,18-10-. The van der Waals surface area contributed by atoms with E-state index in [4.69, 9.17) is 4.74 Å². The van der Waals surface area contributed by atoms with Crippen molar-refractivity contribution in [2.24, 2.45) is 0 Å². The summed E-state index contributed by atoms with van der Waals surface area (Å²) in [7, 11) is 0. The Kier molecular flexibility index (Phi) is 3.55. The van der Waals surface area contributed by atoms with Gasteiger partial charge in [-0.1, -0.05) is 30.3 Å². The van der Waals surface area contributed by atoms with Gasteiger partial charge in [-0.25, -0.2) is 0 Å². The molecule has 0 saturated heterocycles. The number of hydrogen-bond donors (Lipinski definition) is 1. The van der Waals surface area contributed by atoms with Gasteiger partial charge in [0, 0.05) is 6.07 Å². The highest BCUT2D eigenvalue weighted by atomic mass is 16.5. The van der Waals surface area contributed by atoms with Crippen molar-refractivity contribution in [3.63, 3.8) is 0 Å². The third kappa shape index (κ3) is 2.42. The number of carbonyl (C=O) groups is 1. The Morgan fingerprint density at radius 3 is 2.68 bits per heavy atom. The molecule has 0 unspecified atom stereocenters. The molecule has 2 aromatic rings. The summed E-state index contributed by atoms with van der Waals surface area (Å²) in [6, 6.07) is 12.5. The summed E-state index contributed by atoms with van der Waals surface area (Å²) >= 11 is 0. The number of phenolic OH excluding ortho intramolecular Hbond substituents is 1. The van der Waals surface area contributed by atoms with Crippen LogP contribution in [0.5, 0.6) is 11.5 Å². The number of rotatable bonds is 2. The van der Waals surface area contributed by atoms with Crippen molar-refractivity contribution in [2.45, 2.75) is 13.8 Å². The van der Waals surface area contributed by atoms with E-state index in [-0.39, 0.29) is 17.3 Å². The van der Waals surface area contributed by atoms with Crippen LogP contribution >= 0.6 is 0 Å². The van der Waals surface area contributed by atoms with E-state index < -0.39 is 0 Å². The first-order valence-electron chi connectivity index (χ1n) is 7.09. The molecular weight excluding hydrogens is 276 g/mol. The summed E-state index contributed by atoms with van der Waals surface area (Å²) in [5.74, 6) is 0.592. The Labute approximate surface area is 129 Å². The molecule has 0 bridgehead atoms. The number of aryl methyl sites for hydroxylation is 1. The highest BCUT2D eigenvalue weighted by Crippen LogP contribution is 2.35. The van der Waals surface area contributed by atoms with Crippen LogP contribution in [0.3, 0.4) is 0 Å². The van der Waals surface area contributed by atoms with Crippen LogP contribution in [0.25, 0.3) is 5.57 Å². The summed E-state index contributed by atoms with van der Waals surface area (Å²) in [4.78, 5) is 12.4. The van der Waals surface area contributed by atoms with E-state index in [2.05, 4.69) is 0 Å². The van der Waals surface area contributed by atoms with Gasteiger partial charge < -0.3 is 9.84 Å². The molecule has 2 aromatic carbocycles. The van der Waals surface area contributed by atoms with Crippen molar-refractivity contribution in [1.29, 1.82) is 0 Å². The average molecular weight is 292 g/mol. The van der Waals surface area contributed by atoms with E-state index in [0.717, 1.165) is 16.7 Å². The number of aromatic hydroxyl groups is 1. The van der Waals surface area contributed by atoms with Gasteiger partial charge >= 0.3 is 0 Å². The van der Waals surface area contributed by atoms with Gasteiger partial charge in [0.15, 0.2) is 5.76 Å². The molecule has 0 saturated carbocycles. The number of hydrogen-bond acceptors (Lipinski definition) is 3. The summed E-state index contributed by atoms with van der Waals surface area (Å²) < 4.78 is 5.60. The Morgan fingerprint density at radius 1 is 1.18 bits per heavy atom. The smallest absolute Gasteiger partial charge is 0.231 e. The molecular formula is C19H16O3. The zero-order chi connectivity index (χ0) is 15.7. The zero-order valence-electron chi connectivity index (χ0n) is 12.5. The van der Waals surface area contributed by atoms with E-state index in [1.807, 2.05) is 44.2 Å². The largest absolute Gasteiger partial charge is 0.508 e. The Morgan fingerprint density at radius 2 is 1.95 bits per heavy atom. The van der Waals surface area contributed by atoms with Crippen molar-refractivity contribution >= 4 is 11.4 Å². The molecule has 1 N–H and O–H groups in total. The van der Waals surface area contributed by atoms with Crippen LogP contribution in [0.1, 0.15) is 28.4 Å². The zero-order valence-corrected chi connectivity index (χ0v) is 12.5. The molecule has 0 fully saturated rings. The van der Waals surface area contributed by atoms with Crippen molar-refractivity contribution in [3.8, 4) is 11.5 Å². The lowest BCUT2D eigenvalue weighted by Crippen LogP contribution is -1.99. The number of carbonyl (C=O) groups excluding carboxylic acids is 1. The van der Waals surface area contributed by atoms with Crippen molar-refractivity contribution in [1.82, 2.24) is 0 Å². The maximum atomic E-state index is 12.4. The second-order valence-corrected chi connectivity index (χ2v) is 5.18. The molecule has 3 heteroatoms. The lowest BCUT2D eigenvalue weighted by atomic mass is 9.99. The number of benzene rings is 2. The SMILES string of the molecule is C/C=C(/C=C1\Oc2cc(O)ccc2C1=O)c1ccccc1C. The second-order valence-electron chi connectivity index (χ2n) is 5.18. The average Bonchev–Trinajstić information content (AvgIpc) is 2.81. The van der Waals surface area contributed by atoms with Crippen LogP contribution in [0, 0.1) is 6.92 Å². The Balaban J connectivity index is 2.00. The molecule has 1 aliphatic rings. The van der Waals surface area contributed by atoms with E-state index in [0.29, 0.717) is 11.3 Å². The highest BCUT2D eigenvalue weighted by Gasteiger charge is 2.27. The fourth-order valence-electron chi connectivity index (χ4n) is 2.53. The Bertz CT molecular complexity index is 813. The van der Waals surface area contributed by atoms with Crippen LogP contribution in [0.2, 0.25) is 0 Å². The second kappa shape index (κ2) is 5.53. The van der Waals surface area contributed by atoms with Gasteiger partial charge in [-0.15, -0.1) is 0 Å². The molecule has 110 valence electrons. The van der Waals surface area contributed by atoms with E-state index in [9.17, 15) is 9.90 Å². The molecule has 0 atom stereocenters. The molecule has 0 aromatic heterocycles. The topological polar surface area (TPSA) is 46.5 Å². The summed E-state index contributed by atoms with van der Waals surface area (Å²) in [6.07, 6.45) is 3.70. The monoisotopic (exact) mass is 292 g/mol. The number of ether oxygens (including phenoxy) is 1. The third-order valence-electron chi connectivity index (χ3n) is 3.71. The van der Waals surface area contributed by atoms with Gasteiger partial charge in [-0.2, -0.15) is 0 Å². The normalized spacial score (nSPS) is 15.8. The van der Waals surface area contributed by atoms with Crippen LogP contribution in [0.15, 0.2) is 60.4 Å². The molecule has 1 heterocycles. The predicted molar refractivity (Wildman–Crippen MR) is 86.0 cm³/mol. The van der Waals surface area contributed by atoms with Crippen LogP contribution in [-0.2, 0) is 0 Å². The maximum absolute atomic E-state index is 12.4. The van der Waals surface area contributed by atoms with Crippen molar-refractivity contribution in [3.05, 3.63) is 77.1 Å². The van der Waals surface area contributed by atoms with Gasteiger partial charge in [-0.05, 0) is 48.8 Å². The van der Waals surface area contributed by atoms with E-state index in [1.54, 1.807) is 12.1 Å². The molecule has 0 spiro atoms. The van der Waals surface area contributed by atoms with Crippen LogP contribution in [-0.4, -0.2) is 10.9 Å². The first kappa shape index (κ1) is 14.1. The minimum atomic E-state index is -0.164. The molecule has 0 radical (unpaired) electrons. The van der Waals surface area contributed by atoms with E-state index in [1.165, 1.54) is 12.1 Å². The van der Waals surface area contributed by atoms with Crippen LogP contribution in [0.4, 0.5) is 0 Å². The van der Waals surface area contributed by atoms with Gasteiger partial charge in [0.05, 0.1) is 5.56 Å². The van der Waals surface area contributed by atoms with Gasteiger partial charge in [0.1, 0.15) is 11.5 Å². The first-order chi connectivity index (χ1) is 10.6. The van der Waals surface area contributed by atoms with E-state index >= 15 is 0 Å². The quantitative estimate of drug-likeness (QED) is 0.841. The number of phenols is 1. The molecule has 1 aliphatic heterocycles. The van der Waals surface area contributed by atoms with Crippen molar-refractivity contribution in [2.75, 3.05) is 0 Å². The third-order valence-corrected chi connectivity index (χ3v) is 3.71. The fourth-order valence-corrected chi connectivity index (χ4v) is 2.53. The highest BCUT2D eigenvalue weighted by molar-refractivity contribution is 6.13. The van der Waals surface area contributed by atoms with Gasteiger partial charge in [0.25, 0.3) is 0 Å². The first-order valence-corrected chi connectivity index (χ1v) is 7.09. The number of fused-ring (bicyclic) bond motifs is 1. The molecule has 0 aliphatic carbocycles. The molecule has 0 amide bonds. The summed E-state index contributed by atoms with van der Waals surface area (Å²) in [6.45, 7) is 3.96. The number of ketones is 1. The molecule has 3 nitrogen and oxygen atoms in total. The maximum Gasteiger partial charge on any atom is 0.231 e. The molecule has 22 heavy (non-hydrogen) atoms. The Hall–Kier alpha value is -2.81. The fraction of sp³-hybridized carbons (Fsp3) is 0.105. The minimum Gasteiger partial charge on any atom is -0.508 e. The van der Waals surface area contributed by atoms with Gasteiger partial charge in [-0.3, -0.25) is 4.79 Å². The summed E-state index contributed by atoms with van der Waals surface area (Å²) in [5, 5.41) is 9.49. The van der Waals surface area contributed by atoms with Crippen molar-refractivity contribution < 1.29 is 14.6 Å². The number of allylic oxidation sites excluding steroid dienone is 4. The minimum absolute atomic E-state index is 0.0814. The molecule has 3 rings (SSSR count). The lowest BCUT2D eigenvalue weighted by molar-refractivity contribution is 0.101. The van der Waals surface area contributed by atoms with Gasteiger partial charge in [0.2, 0.25) is 5.78 Å². The lowest BCUT2D eigenvalue weighted by Gasteiger charge is -2.07. The van der Waals surface area contributed by atoms with Crippen LogP contribution < -0.4 is 4.74 Å². The summed E-state index contributed by atoms with van der Waals surface area (Å²) in [5.41, 5.74) is 3.60. The number of Topliss-reactive ketones (excluding diaryl/α,β-unsaturated/α-hetero) is 1.